The Morgan fingerprint density at radius 1 is 1.56 bits per heavy atom. The van der Waals surface area contributed by atoms with Crippen LogP contribution in [0.4, 0.5) is 0 Å². The maximum absolute atomic E-state index is 3.73. The van der Waals surface area contributed by atoms with Gasteiger partial charge in [-0.05, 0) is 52.4 Å². The summed E-state index contributed by atoms with van der Waals surface area (Å²) in [5.74, 6) is 0. The van der Waals surface area contributed by atoms with E-state index in [1.165, 1.54) is 35.7 Å². The Kier molecular flexibility index (Phi) is 4.00. The molecule has 0 amide bonds. The van der Waals surface area contributed by atoms with E-state index in [0.29, 0.717) is 12.1 Å². The predicted octanol–water partition coefficient (Wildman–Crippen LogP) is 2.28. The van der Waals surface area contributed by atoms with Crippen molar-refractivity contribution in [2.45, 2.75) is 38.8 Å². The van der Waals surface area contributed by atoms with Crippen LogP contribution in [0.2, 0.25) is 0 Å². The summed E-state index contributed by atoms with van der Waals surface area (Å²) < 4.78 is 0. The molecule has 16 heavy (non-hydrogen) atoms. The van der Waals surface area contributed by atoms with E-state index in [1.807, 2.05) is 11.3 Å². The highest BCUT2D eigenvalue weighted by atomic mass is 32.1. The average molecular weight is 238 g/mol. The van der Waals surface area contributed by atoms with Crippen molar-refractivity contribution in [2.24, 2.45) is 0 Å². The van der Waals surface area contributed by atoms with Gasteiger partial charge in [0.05, 0.1) is 0 Å². The van der Waals surface area contributed by atoms with Crippen molar-refractivity contribution in [3.8, 4) is 0 Å². The van der Waals surface area contributed by atoms with Crippen LogP contribution in [0, 0.1) is 6.92 Å². The number of rotatable bonds is 4. The molecule has 0 aromatic carbocycles. The first-order valence-corrected chi connectivity index (χ1v) is 6.95. The first-order chi connectivity index (χ1) is 7.63. The Labute approximate surface area is 103 Å². The lowest BCUT2D eigenvalue weighted by molar-refractivity contribution is 0.385. The Balaban J connectivity index is 1.78. The number of thiophene rings is 1. The van der Waals surface area contributed by atoms with Crippen molar-refractivity contribution in [1.29, 1.82) is 0 Å². The standard InChI is InChI=1S/C13H22N2S/c1-10(8-13-5-4-11(2)16-13)14-12-6-7-15(3)9-12/h4-5,10,12,14H,6-9H2,1-3H3. The highest BCUT2D eigenvalue weighted by Gasteiger charge is 2.20. The molecule has 0 spiro atoms. The maximum Gasteiger partial charge on any atom is 0.0209 e. The minimum atomic E-state index is 0.592. The molecule has 3 heteroatoms. The molecule has 2 atom stereocenters. The van der Waals surface area contributed by atoms with Crippen molar-refractivity contribution in [1.82, 2.24) is 10.2 Å². The minimum Gasteiger partial charge on any atom is -0.310 e. The molecule has 2 unspecified atom stereocenters. The van der Waals surface area contributed by atoms with Gasteiger partial charge in [-0.15, -0.1) is 11.3 Å². The van der Waals surface area contributed by atoms with E-state index < -0.39 is 0 Å². The quantitative estimate of drug-likeness (QED) is 0.866. The van der Waals surface area contributed by atoms with Crippen molar-refractivity contribution < 1.29 is 0 Å². The highest BCUT2D eigenvalue weighted by molar-refractivity contribution is 7.11. The average Bonchev–Trinajstić information content (AvgIpc) is 2.76. The van der Waals surface area contributed by atoms with Crippen LogP contribution in [-0.2, 0) is 6.42 Å². The molecule has 1 aliphatic heterocycles. The summed E-state index contributed by atoms with van der Waals surface area (Å²) in [6.07, 6.45) is 2.46. The second kappa shape index (κ2) is 5.30. The van der Waals surface area contributed by atoms with Gasteiger partial charge in [0.1, 0.15) is 0 Å². The molecular weight excluding hydrogens is 216 g/mol. The van der Waals surface area contributed by atoms with Gasteiger partial charge in [-0.3, -0.25) is 0 Å². The van der Waals surface area contributed by atoms with Gasteiger partial charge in [-0.1, -0.05) is 0 Å². The first kappa shape index (κ1) is 12.1. The predicted molar refractivity (Wildman–Crippen MR) is 71.3 cm³/mol. The molecule has 2 nitrogen and oxygen atoms in total. The van der Waals surface area contributed by atoms with E-state index in [1.54, 1.807) is 0 Å². The zero-order valence-electron chi connectivity index (χ0n) is 10.5. The van der Waals surface area contributed by atoms with Crippen LogP contribution in [0.25, 0.3) is 0 Å². The van der Waals surface area contributed by atoms with Crippen molar-refractivity contribution >= 4 is 11.3 Å². The zero-order chi connectivity index (χ0) is 11.5. The molecular formula is C13H22N2S. The Morgan fingerprint density at radius 3 is 2.94 bits per heavy atom. The molecule has 1 aromatic heterocycles. The van der Waals surface area contributed by atoms with E-state index in [-0.39, 0.29) is 0 Å². The van der Waals surface area contributed by atoms with Crippen LogP contribution < -0.4 is 5.32 Å². The Morgan fingerprint density at radius 2 is 2.38 bits per heavy atom. The molecule has 2 rings (SSSR count). The van der Waals surface area contributed by atoms with Crippen molar-refractivity contribution in [2.75, 3.05) is 20.1 Å². The minimum absolute atomic E-state index is 0.592. The molecule has 1 aliphatic rings. The van der Waals surface area contributed by atoms with Crippen molar-refractivity contribution in [3.63, 3.8) is 0 Å². The van der Waals surface area contributed by atoms with E-state index in [9.17, 15) is 0 Å². The zero-order valence-corrected chi connectivity index (χ0v) is 11.3. The number of likely N-dealkylation sites (N-methyl/N-ethyl adjacent to an activating group) is 1. The molecule has 2 heterocycles. The monoisotopic (exact) mass is 238 g/mol. The lowest BCUT2D eigenvalue weighted by Gasteiger charge is -2.18. The van der Waals surface area contributed by atoms with Gasteiger partial charge in [0.25, 0.3) is 0 Å². The summed E-state index contributed by atoms with van der Waals surface area (Å²) >= 11 is 1.92. The fourth-order valence-corrected chi connectivity index (χ4v) is 3.45. The van der Waals surface area contributed by atoms with Gasteiger partial charge >= 0.3 is 0 Å². The SMILES string of the molecule is Cc1ccc(CC(C)NC2CCN(C)C2)s1. The van der Waals surface area contributed by atoms with Crippen LogP contribution in [0.15, 0.2) is 12.1 Å². The van der Waals surface area contributed by atoms with Gasteiger partial charge in [0.15, 0.2) is 0 Å². The van der Waals surface area contributed by atoms with E-state index in [0.717, 1.165) is 0 Å². The summed E-state index contributed by atoms with van der Waals surface area (Å²) in [6, 6.07) is 5.77. The van der Waals surface area contributed by atoms with Crippen LogP contribution >= 0.6 is 11.3 Å². The summed E-state index contributed by atoms with van der Waals surface area (Å²) in [7, 11) is 2.20. The van der Waals surface area contributed by atoms with Crippen LogP contribution in [0.1, 0.15) is 23.1 Å². The molecule has 0 aliphatic carbocycles. The lowest BCUT2D eigenvalue weighted by atomic mass is 10.1. The third kappa shape index (κ3) is 3.30. The number of likely N-dealkylation sites (tertiary alicyclic amines) is 1. The fraction of sp³-hybridized carbons (Fsp3) is 0.692. The number of nitrogens with one attached hydrogen (secondary N) is 1. The molecule has 90 valence electrons. The van der Waals surface area contributed by atoms with Gasteiger partial charge < -0.3 is 10.2 Å². The normalized spacial score (nSPS) is 23.8. The summed E-state index contributed by atoms with van der Waals surface area (Å²) in [6.45, 7) is 6.92. The summed E-state index contributed by atoms with van der Waals surface area (Å²) in [5.41, 5.74) is 0. The summed E-state index contributed by atoms with van der Waals surface area (Å²) in [5, 5.41) is 3.73. The number of hydrogen-bond acceptors (Lipinski definition) is 3. The van der Waals surface area contributed by atoms with Gasteiger partial charge in [-0.25, -0.2) is 0 Å². The highest BCUT2D eigenvalue weighted by Crippen LogP contribution is 2.17. The Hall–Kier alpha value is -0.380. The third-order valence-corrected chi connectivity index (χ3v) is 4.24. The van der Waals surface area contributed by atoms with E-state index in [4.69, 9.17) is 0 Å². The topological polar surface area (TPSA) is 15.3 Å². The lowest BCUT2D eigenvalue weighted by Crippen LogP contribution is -2.39. The fourth-order valence-electron chi connectivity index (χ4n) is 2.43. The number of nitrogens with zero attached hydrogens (tertiary/aromatic N) is 1. The van der Waals surface area contributed by atoms with E-state index >= 15 is 0 Å². The molecule has 0 saturated carbocycles. The summed E-state index contributed by atoms with van der Waals surface area (Å²) in [4.78, 5) is 5.33. The van der Waals surface area contributed by atoms with Crippen LogP contribution in [0.5, 0.6) is 0 Å². The molecule has 1 N–H and O–H groups in total. The first-order valence-electron chi connectivity index (χ1n) is 6.13. The second-order valence-corrected chi connectivity index (χ2v) is 6.40. The smallest absolute Gasteiger partial charge is 0.0209 e. The van der Waals surface area contributed by atoms with Crippen LogP contribution in [-0.4, -0.2) is 37.1 Å². The van der Waals surface area contributed by atoms with E-state index in [2.05, 4.69) is 43.2 Å². The van der Waals surface area contributed by atoms with Crippen molar-refractivity contribution in [3.05, 3.63) is 21.9 Å². The molecule has 1 aromatic rings. The second-order valence-electron chi connectivity index (χ2n) is 5.03. The largest absolute Gasteiger partial charge is 0.310 e. The number of aryl methyl sites for hydroxylation is 1. The maximum atomic E-state index is 3.73. The molecule has 0 radical (unpaired) electrons. The van der Waals surface area contributed by atoms with Crippen LogP contribution in [0.3, 0.4) is 0 Å². The van der Waals surface area contributed by atoms with Gasteiger partial charge in [0, 0.05) is 28.4 Å². The van der Waals surface area contributed by atoms with Gasteiger partial charge in [-0.2, -0.15) is 0 Å². The molecule has 1 fully saturated rings. The van der Waals surface area contributed by atoms with Gasteiger partial charge in [0.2, 0.25) is 0 Å². The molecule has 1 saturated heterocycles. The Bertz CT molecular complexity index is 334. The molecule has 0 bridgehead atoms. The third-order valence-electron chi connectivity index (χ3n) is 3.21. The number of hydrogen-bond donors (Lipinski definition) is 1.